The lowest BCUT2D eigenvalue weighted by Gasteiger charge is -2.38. The van der Waals surface area contributed by atoms with Crippen molar-refractivity contribution in [3.05, 3.63) is 82.9 Å². The maximum Gasteiger partial charge on any atom is 0.162 e. The zero-order chi connectivity index (χ0) is 24.6. The van der Waals surface area contributed by atoms with Crippen molar-refractivity contribution < 1.29 is 8.78 Å². The molecule has 0 spiro atoms. The molecule has 35 heavy (non-hydrogen) atoms. The van der Waals surface area contributed by atoms with Gasteiger partial charge in [0.2, 0.25) is 0 Å². The highest BCUT2D eigenvalue weighted by molar-refractivity contribution is 5.29. The number of benzene rings is 2. The van der Waals surface area contributed by atoms with Crippen molar-refractivity contribution >= 4 is 0 Å². The second-order valence-corrected chi connectivity index (χ2v) is 11.3. The van der Waals surface area contributed by atoms with Gasteiger partial charge in [-0.05, 0) is 117 Å². The molecular weight excluding hydrogens is 434 g/mol. The van der Waals surface area contributed by atoms with Crippen molar-refractivity contribution in [3.63, 3.8) is 0 Å². The maximum absolute atomic E-state index is 14.5. The van der Waals surface area contributed by atoms with Gasteiger partial charge in [-0.3, -0.25) is 0 Å². The van der Waals surface area contributed by atoms with Crippen LogP contribution in [-0.2, 0) is 19.3 Å². The number of hydrogen-bond acceptors (Lipinski definition) is 0. The average Bonchev–Trinajstić information content (AvgIpc) is 2.90. The van der Waals surface area contributed by atoms with Gasteiger partial charge in [-0.15, -0.1) is 6.58 Å². The number of rotatable bonds is 10. The van der Waals surface area contributed by atoms with Crippen LogP contribution in [0.4, 0.5) is 8.78 Å². The van der Waals surface area contributed by atoms with Gasteiger partial charge in [0.15, 0.2) is 11.6 Å². The van der Waals surface area contributed by atoms with Crippen LogP contribution in [0.3, 0.4) is 0 Å². The summed E-state index contributed by atoms with van der Waals surface area (Å²) in [7, 11) is 0. The predicted molar refractivity (Wildman–Crippen MR) is 144 cm³/mol. The molecule has 190 valence electrons. The Morgan fingerprint density at radius 1 is 0.743 bits per heavy atom. The number of allylic oxidation sites excluding steroid dienone is 1. The molecule has 0 N–H and O–H groups in total. The molecule has 4 rings (SSSR count). The highest BCUT2D eigenvalue weighted by atomic mass is 19.2. The quantitative estimate of drug-likeness (QED) is 0.298. The van der Waals surface area contributed by atoms with E-state index in [9.17, 15) is 8.78 Å². The average molecular weight is 479 g/mol. The van der Waals surface area contributed by atoms with Crippen LogP contribution in [0.5, 0.6) is 0 Å². The summed E-state index contributed by atoms with van der Waals surface area (Å²) >= 11 is 0. The molecule has 2 aliphatic rings. The Hall–Kier alpha value is -1.96. The molecule has 2 aromatic carbocycles. The molecular formula is C33H44F2. The second-order valence-electron chi connectivity index (χ2n) is 11.3. The van der Waals surface area contributed by atoms with Crippen molar-refractivity contribution in [1.82, 2.24) is 0 Å². The molecule has 0 atom stereocenters. The molecule has 0 aliphatic heterocycles. The van der Waals surface area contributed by atoms with E-state index in [2.05, 4.69) is 36.9 Å². The summed E-state index contributed by atoms with van der Waals surface area (Å²) in [6, 6.07) is 12.5. The van der Waals surface area contributed by atoms with Gasteiger partial charge in [0, 0.05) is 0 Å². The monoisotopic (exact) mass is 478 g/mol. The molecule has 0 heterocycles. The van der Waals surface area contributed by atoms with Gasteiger partial charge in [0.1, 0.15) is 0 Å². The normalized spacial score (nSPS) is 24.9. The van der Waals surface area contributed by atoms with Crippen molar-refractivity contribution in [2.75, 3.05) is 0 Å². The minimum Gasteiger partial charge on any atom is -0.203 e. The fourth-order valence-corrected chi connectivity index (χ4v) is 6.75. The second kappa shape index (κ2) is 12.8. The van der Waals surface area contributed by atoms with Crippen LogP contribution >= 0.6 is 0 Å². The Kier molecular flexibility index (Phi) is 9.58. The molecule has 0 bridgehead atoms. The Morgan fingerprint density at radius 3 is 1.89 bits per heavy atom. The molecule has 2 fully saturated rings. The lowest BCUT2D eigenvalue weighted by Crippen LogP contribution is -2.25. The van der Waals surface area contributed by atoms with Crippen LogP contribution in [-0.4, -0.2) is 0 Å². The van der Waals surface area contributed by atoms with E-state index in [0.29, 0.717) is 29.9 Å². The van der Waals surface area contributed by atoms with Gasteiger partial charge in [0.25, 0.3) is 0 Å². The van der Waals surface area contributed by atoms with Crippen molar-refractivity contribution in [1.29, 1.82) is 0 Å². The molecule has 0 aromatic heterocycles. The van der Waals surface area contributed by atoms with E-state index < -0.39 is 11.6 Å². The summed E-state index contributed by atoms with van der Waals surface area (Å²) in [5.41, 5.74) is 3.64. The third-order valence-corrected chi connectivity index (χ3v) is 9.00. The van der Waals surface area contributed by atoms with Crippen LogP contribution in [0.15, 0.2) is 49.1 Å². The van der Waals surface area contributed by atoms with Gasteiger partial charge in [-0.2, -0.15) is 0 Å². The fourth-order valence-electron chi connectivity index (χ4n) is 6.75. The van der Waals surface area contributed by atoms with Gasteiger partial charge in [-0.25, -0.2) is 8.78 Å². The van der Waals surface area contributed by atoms with E-state index >= 15 is 0 Å². The van der Waals surface area contributed by atoms with E-state index in [0.717, 1.165) is 30.6 Å². The fraction of sp³-hybridized carbons (Fsp3) is 0.576. The van der Waals surface area contributed by atoms with Crippen LogP contribution in [0.25, 0.3) is 0 Å². The van der Waals surface area contributed by atoms with Crippen LogP contribution < -0.4 is 0 Å². The number of halogens is 2. The summed E-state index contributed by atoms with van der Waals surface area (Å²) in [5, 5.41) is 0. The largest absolute Gasteiger partial charge is 0.203 e. The third kappa shape index (κ3) is 6.83. The predicted octanol–water partition coefficient (Wildman–Crippen LogP) is 9.75. The Balaban J connectivity index is 1.23. The van der Waals surface area contributed by atoms with E-state index in [-0.39, 0.29) is 0 Å². The van der Waals surface area contributed by atoms with Crippen LogP contribution in [0.2, 0.25) is 0 Å². The highest BCUT2D eigenvalue weighted by Crippen LogP contribution is 2.44. The number of aryl methyl sites for hydroxylation is 3. The minimum atomic E-state index is -0.658. The zero-order valence-corrected chi connectivity index (χ0v) is 21.7. The van der Waals surface area contributed by atoms with E-state index in [1.807, 2.05) is 6.92 Å². The Bertz CT molecular complexity index is 928. The zero-order valence-electron chi connectivity index (χ0n) is 21.7. The summed E-state index contributed by atoms with van der Waals surface area (Å²) < 4.78 is 28.7. The molecule has 0 saturated heterocycles. The first-order chi connectivity index (χ1) is 17.1. The van der Waals surface area contributed by atoms with E-state index in [1.165, 1.54) is 75.3 Å². The molecule has 2 heteroatoms. The Morgan fingerprint density at radius 2 is 1.31 bits per heavy atom. The van der Waals surface area contributed by atoms with Crippen molar-refractivity contribution in [2.45, 2.75) is 103 Å². The van der Waals surface area contributed by atoms with Gasteiger partial charge < -0.3 is 0 Å². The minimum absolute atomic E-state index is 0.486. The number of hydrogen-bond donors (Lipinski definition) is 0. The summed E-state index contributed by atoms with van der Waals surface area (Å²) in [5.74, 6) is 2.20. The Labute approximate surface area is 212 Å². The van der Waals surface area contributed by atoms with Gasteiger partial charge >= 0.3 is 0 Å². The van der Waals surface area contributed by atoms with Gasteiger partial charge in [0.05, 0.1) is 0 Å². The maximum atomic E-state index is 14.5. The van der Waals surface area contributed by atoms with E-state index in [1.54, 1.807) is 12.1 Å². The molecule has 0 unspecified atom stereocenters. The van der Waals surface area contributed by atoms with Crippen LogP contribution in [0.1, 0.15) is 106 Å². The first-order valence-electron chi connectivity index (χ1n) is 14.2. The molecule has 2 aliphatic carbocycles. The summed E-state index contributed by atoms with van der Waals surface area (Å²) in [6.45, 7) is 5.86. The first-order valence-corrected chi connectivity index (χ1v) is 14.2. The highest BCUT2D eigenvalue weighted by Gasteiger charge is 2.31. The first kappa shape index (κ1) is 26.1. The van der Waals surface area contributed by atoms with Crippen molar-refractivity contribution in [2.24, 2.45) is 17.8 Å². The lowest BCUT2D eigenvalue weighted by atomic mass is 9.68. The van der Waals surface area contributed by atoms with Crippen molar-refractivity contribution in [3.8, 4) is 0 Å². The smallest absolute Gasteiger partial charge is 0.162 e. The molecule has 0 amide bonds. The SMILES string of the molecule is C=CCCC1CCC(C2CCC(c3ccc(CCc4ccc(CCC)c(F)c4F)cc3)CC2)CC1. The molecule has 2 aromatic rings. The third-order valence-electron chi connectivity index (χ3n) is 9.00. The van der Waals surface area contributed by atoms with Crippen LogP contribution in [0, 0.1) is 29.4 Å². The standard InChI is InChI=1S/C33H44F2/c1-3-5-7-24-8-13-26(14-9-24)28-18-20-29(21-19-28)27-15-10-25(11-16-27)12-17-31-23-22-30(6-4-2)32(34)33(31)35/h3,10-11,15-16,22-24,26,28-29H,1,4-9,12-14,17-21H2,2H3. The summed E-state index contributed by atoms with van der Waals surface area (Å²) in [6.07, 6.45) is 18.4. The van der Waals surface area contributed by atoms with E-state index in [4.69, 9.17) is 0 Å². The van der Waals surface area contributed by atoms with Gasteiger partial charge in [-0.1, -0.05) is 68.7 Å². The molecule has 0 radical (unpaired) electrons. The summed E-state index contributed by atoms with van der Waals surface area (Å²) in [4.78, 5) is 0. The lowest BCUT2D eigenvalue weighted by molar-refractivity contribution is 0.157. The topological polar surface area (TPSA) is 0 Å². The molecule has 2 saturated carbocycles. The molecule has 0 nitrogen and oxygen atoms in total.